The van der Waals surface area contributed by atoms with Crippen molar-refractivity contribution in [3.8, 4) is 22.6 Å². The van der Waals surface area contributed by atoms with Crippen LogP contribution in [0.4, 0.5) is 0 Å². The van der Waals surface area contributed by atoms with E-state index in [2.05, 4.69) is 65.6 Å². The highest BCUT2D eigenvalue weighted by Gasteiger charge is 2.46. The predicted octanol–water partition coefficient (Wildman–Crippen LogP) is 5.96. The number of hydrogen-bond donors (Lipinski definition) is 2. The molecule has 0 radical (unpaired) electrons. The van der Waals surface area contributed by atoms with Crippen LogP contribution in [0.15, 0.2) is 66.6 Å². The van der Waals surface area contributed by atoms with Crippen molar-refractivity contribution in [3.63, 3.8) is 0 Å². The summed E-state index contributed by atoms with van der Waals surface area (Å²) in [4.78, 5) is 12.7. The van der Waals surface area contributed by atoms with Crippen LogP contribution in [0.1, 0.15) is 73.8 Å². The lowest BCUT2D eigenvalue weighted by molar-refractivity contribution is 0.0599. The second kappa shape index (κ2) is 11.4. The van der Waals surface area contributed by atoms with Crippen LogP contribution in [-0.2, 0) is 4.74 Å². The first-order valence-corrected chi connectivity index (χ1v) is 14.5. The number of hydrogen-bond acceptors (Lipinski definition) is 7. The minimum absolute atomic E-state index is 0.162. The number of aromatic nitrogens is 2. The van der Waals surface area contributed by atoms with Crippen molar-refractivity contribution in [2.45, 2.75) is 63.9 Å². The maximum atomic E-state index is 12.7. The second-order valence-corrected chi connectivity index (χ2v) is 11.4. The number of benzene rings is 2. The molecule has 0 amide bonds. The summed E-state index contributed by atoms with van der Waals surface area (Å²) in [6, 6.07) is 16.7. The van der Waals surface area contributed by atoms with Crippen LogP contribution in [0, 0.1) is 11.8 Å². The van der Waals surface area contributed by atoms with Gasteiger partial charge < -0.3 is 14.9 Å². The third-order valence-corrected chi connectivity index (χ3v) is 8.61. The molecule has 210 valence electrons. The molecule has 1 aliphatic heterocycles. The van der Waals surface area contributed by atoms with Crippen LogP contribution >= 0.6 is 0 Å². The Morgan fingerprint density at radius 3 is 2.50 bits per heavy atom. The molecule has 2 heterocycles. The summed E-state index contributed by atoms with van der Waals surface area (Å²) in [6.45, 7) is 2.22. The van der Waals surface area contributed by atoms with Gasteiger partial charge in [0.1, 0.15) is 11.3 Å². The molecule has 3 atom stereocenters. The van der Waals surface area contributed by atoms with Crippen LogP contribution in [-0.4, -0.2) is 41.0 Å². The lowest BCUT2D eigenvalue weighted by Gasteiger charge is -2.24. The minimum Gasteiger partial charge on any atom is -0.490 e. The van der Waals surface area contributed by atoms with Crippen LogP contribution in [0.5, 0.6) is 5.75 Å². The van der Waals surface area contributed by atoms with Gasteiger partial charge in [0.25, 0.3) is 0 Å². The van der Waals surface area contributed by atoms with E-state index in [1.54, 1.807) is 6.20 Å². The van der Waals surface area contributed by atoms with Gasteiger partial charge in [0.2, 0.25) is 0 Å². The number of methoxy groups -OCH3 is 1. The number of carbonyl (C=O) groups excluding carboxylic acids is 1. The van der Waals surface area contributed by atoms with E-state index >= 15 is 0 Å². The fourth-order valence-corrected chi connectivity index (χ4v) is 6.30. The van der Waals surface area contributed by atoms with Gasteiger partial charge in [0, 0.05) is 30.8 Å². The van der Waals surface area contributed by atoms with Crippen LogP contribution in [0.3, 0.4) is 0 Å². The van der Waals surface area contributed by atoms with Gasteiger partial charge in [-0.2, -0.15) is 5.10 Å². The van der Waals surface area contributed by atoms with Gasteiger partial charge in [-0.15, -0.1) is 5.53 Å². The largest absolute Gasteiger partial charge is 0.490 e. The maximum Gasteiger partial charge on any atom is 0.341 e. The highest BCUT2D eigenvalue weighted by Crippen LogP contribution is 2.52. The summed E-state index contributed by atoms with van der Waals surface area (Å²) in [6.07, 6.45) is 12.6. The molecule has 6 rings (SSSR count). The summed E-state index contributed by atoms with van der Waals surface area (Å²) < 4.78 is 13.5. The average molecular weight is 542 g/mol. The van der Waals surface area contributed by atoms with E-state index in [1.807, 2.05) is 28.9 Å². The number of carbonyl (C=O) groups is 1. The van der Waals surface area contributed by atoms with Crippen LogP contribution in [0.25, 0.3) is 16.8 Å². The van der Waals surface area contributed by atoms with Crippen LogP contribution < -0.4 is 15.7 Å². The third-order valence-electron chi connectivity index (χ3n) is 8.61. The Kier molecular flexibility index (Phi) is 7.52. The SMILES string of the molecule is COC(=O)c1cnn(-c2cccc(-c3cccc(O[C@H](C)C4CCCCCC4)c3)c2)c1[C@@H]1C[C@H]1C1=CN(C)NN1. The monoisotopic (exact) mass is 541 g/mol. The molecule has 0 spiro atoms. The molecule has 8 heteroatoms. The first-order chi connectivity index (χ1) is 19.5. The smallest absolute Gasteiger partial charge is 0.341 e. The van der Waals surface area contributed by atoms with Gasteiger partial charge in [-0.05, 0) is 67.5 Å². The number of esters is 1. The van der Waals surface area contributed by atoms with E-state index in [9.17, 15) is 4.79 Å². The van der Waals surface area contributed by atoms with Gasteiger partial charge in [-0.25, -0.2) is 9.48 Å². The average Bonchev–Trinajstić information content (AvgIpc) is 3.56. The molecule has 0 unspecified atom stereocenters. The zero-order valence-corrected chi connectivity index (χ0v) is 23.6. The van der Waals surface area contributed by atoms with Crippen LogP contribution in [0.2, 0.25) is 0 Å². The van der Waals surface area contributed by atoms with Crippen molar-refractivity contribution in [3.05, 3.63) is 77.9 Å². The first kappa shape index (κ1) is 26.4. The quantitative estimate of drug-likeness (QED) is 0.269. The molecule has 3 aliphatic rings. The summed E-state index contributed by atoms with van der Waals surface area (Å²) in [5, 5.41) is 6.56. The number of allylic oxidation sites excluding steroid dienone is 1. The van der Waals surface area contributed by atoms with Gasteiger partial charge in [0.15, 0.2) is 0 Å². The van der Waals surface area contributed by atoms with Gasteiger partial charge in [0.05, 0.1) is 30.8 Å². The Labute approximate surface area is 236 Å². The predicted molar refractivity (Wildman–Crippen MR) is 155 cm³/mol. The second-order valence-electron chi connectivity index (χ2n) is 11.4. The standard InChI is InChI=1S/C32H39N5O3/c1-21(22-10-6-4-5-7-11-22)40-26-15-9-13-24(17-26)23-12-8-14-25(16-23)37-31(29(19-33-37)32(38)39-3)28-18-27(28)30-20-36(2)35-34-30/h8-9,12-17,19-22,27-28,34-35H,4-7,10-11,18H2,1-3H3/t21-,27-,28-/m1/s1. The minimum atomic E-state index is -0.362. The lowest BCUT2D eigenvalue weighted by Crippen LogP contribution is -2.33. The van der Waals surface area contributed by atoms with E-state index in [1.165, 1.54) is 45.6 Å². The molecule has 8 nitrogen and oxygen atoms in total. The Morgan fingerprint density at radius 2 is 1.77 bits per heavy atom. The molecular weight excluding hydrogens is 502 g/mol. The van der Waals surface area contributed by atoms with Gasteiger partial charge in [-0.3, -0.25) is 5.01 Å². The Bertz CT molecular complexity index is 1390. The van der Waals surface area contributed by atoms with E-state index in [0.29, 0.717) is 11.5 Å². The molecule has 40 heavy (non-hydrogen) atoms. The highest BCUT2D eigenvalue weighted by atomic mass is 16.5. The fraction of sp³-hybridized carbons (Fsp3) is 0.438. The zero-order chi connectivity index (χ0) is 27.6. The third kappa shape index (κ3) is 5.45. The van der Waals surface area contributed by atoms with Crippen molar-refractivity contribution < 1.29 is 14.3 Å². The highest BCUT2D eigenvalue weighted by molar-refractivity contribution is 5.91. The van der Waals surface area contributed by atoms with Crippen molar-refractivity contribution >= 4 is 5.97 Å². The Balaban J connectivity index is 1.26. The molecule has 2 aromatic carbocycles. The summed E-state index contributed by atoms with van der Waals surface area (Å²) >= 11 is 0. The van der Waals surface area contributed by atoms with E-state index < -0.39 is 0 Å². The van der Waals surface area contributed by atoms with Crippen molar-refractivity contribution in [2.75, 3.05) is 14.2 Å². The molecule has 0 bridgehead atoms. The number of nitrogens with one attached hydrogen (secondary N) is 2. The molecule has 2 saturated carbocycles. The molecule has 2 N–H and O–H groups in total. The molecule has 0 saturated heterocycles. The molecule has 3 aromatic rings. The van der Waals surface area contributed by atoms with Crippen molar-refractivity contribution in [1.29, 1.82) is 0 Å². The normalized spacial score (nSPS) is 21.8. The van der Waals surface area contributed by atoms with Gasteiger partial charge >= 0.3 is 5.97 Å². The fourth-order valence-electron chi connectivity index (χ4n) is 6.30. The number of rotatable bonds is 8. The first-order valence-electron chi connectivity index (χ1n) is 14.5. The summed E-state index contributed by atoms with van der Waals surface area (Å²) in [7, 11) is 3.37. The van der Waals surface area contributed by atoms with E-state index in [4.69, 9.17) is 9.47 Å². The van der Waals surface area contributed by atoms with Gasteiger partial charge in [-0.1, -0.05) is 49.9 Å². The maximum absolute atomic E-state index is 12.7. The van der Waals surface area contributed by atoms with E-state index in [-0.39, 0.29) is 23.9 Å². The number of ether oxygens (including phenoxy) is 2. The summed E-state index contributed by atoms with van der Waals surface area (Å²) in [5.74, 6) is 1.61. The van der Waals surface area contributed by atoms with Crippen molar-refractivity contribution in [2.24, 2.45) is 11.8 Å². The summed E-state index contributed by atoms with van der Waals surface area (Å²) in [5.41, 5.74) is 11.9. The lowest BCUT2D eigenvalue weighted by atomic mass is 9.95. The Morgan fingerprint density at radius 1 is 1.02 bits per heavy atom. The molecule has 1 aromatic heterocycles. The molecular formula is C32H39N5O3. The van der Waals surface area contributed by atoms with Crippen molar-refractivity contribution in [1.82, 2.24) is 25.7 Å². The number of hydrazine groups is 2. The topological polar surface area (TPSA) is 80.6 Å². The Hall–Kier alpha value is -3.78. The number of nitrogens with zero attached hydrogens (tertiary/aromatic N) is 3. The zero-order valence-electron chi connectivity index (χ0n) is 23.6. The molecule has 2 aliphatic carbocycles. The van der Waals surface area contributed by atoms with E-state index in [0.717, 1.165) is 40.4 Å². The molecule has 2 fully saturated rings.